The number of nitrogens with two attached hydrogens (primary N) is 1. The molecule has 2 aromatic rings. The molecule has 1 aromatic carbocycles. The molecule has 0 aliphatic carbocycles. The number of nitrogen functional groups attached to an aromatic ring is 1. The topological polar surface area (TPSA) is 43.8 Å². The van der Waals surface area contributed by atoms with Gasteiger partial charge in [0.05, 0.1) is 16.4 Å². The van der Waals surface area contributed by atoms with Crippen molar-refractivity contribution in [3.05, 3.63) is 40.8 Å². The van der Waals surface area contributed by atoms with Gasteiger partial charge in [-0.3, -0.25) is 0 Å². The van der Waals surface area contributed by atoms with Crippen LogP contribution in [0.15, 0.2) is 24.3 Å². The lowest BCUT2D eigenvalue weighted by Crippen LogP contribution is -2.02. The van der Waals surface area contributed by atoms with Crippen molar-refractivity contribution in [3.63, 3.8) is 0 Å². The number of rotatable bonds is 3. The fourth-order valence-electron chi connectivity index (χ4n) is 1.65. The molecule has 0 amide bonds. The predicted molar refractivity (Wildman–Crippen MR) is 66.9 cm³/mol. The zero-order chi connectivity index (χ0) is 12.4. The molecule has 2 N–H and O–H groups in total. The summed E-state index contributed by atoms with van der Waals surface area (Å²) >= 11 is 5.73. The molecular weight excluding hydrogens is 241 g/mol. The van der Waals surface area contributed by atoms with Gasteiger partial charge in [-0.05, 0) is 24.6 Å². The third-order valence-electron chi connectivity index (χ3n) is 2.44. The van der Waals surface area contributed by atoms with Crippen LogP contribution in [-0.4, -0.2) is 9.78 Å². The van der Waals surface area contributed by atoms with Gasteiger partial charge < -0.3 is 5.73 Å². The highest BCUT2D eigenvalue weighted by Gasteiger charge is 2.08. The lowest BCUT2D eigenvalue weighted by atomic mass is 10.2. The Labute approximate surface area is 104 Å². The largest absolute Gasteiger partial charge is 0.384 e. The molecule has 17 heavy (non-hydrogen) atoms. The first-order valence-corrected chi connectivity index (χ1v) is 5.79. The lowest BCUT2D eigenvalue weighted by molar-refractivity contribution is 0.627. The van der Waals surface area contributed by atoms with Gasteiger partial charge >= 0.3 is 0 Å². The van der Waals surface area contributed by atoms with Gasteiger partial charge in [0.2, 0.25) is 0 Å². The molecule has 5 heteroatoms. The van der Waals surface area contributed by atoms with Crippen LogP contribution in [0.5, 0.6) is 0 Å². The highest BCUT2D eigenvalue weighted by atomic mass is 35.5. The minimum Gasteiger partial charge on any atom is -0.384 e. The molecule has 0 atom stereocenters. The van der Waals surface area contributed by atoms with Gasteiger partial charge in [0.25, 0.3) is 0 Å². The van der Waals surface area contributed by atoms with Crippen molar-refractivity contribution in [1.29, 1.82) is 0 Å². The van der Waals surface area contributed by atoms with E-state index >= 15 is 0 Å². The summed E-state index contributed by atoms with van der Waals surface area (Å²) in [6.07, 6.45) is 1.87. The number of halogens is 2. The van der Waals surface area contributed by atoms with E-state index in [1.54, 1.807) is 10.7 Å². The second-order valence-electron chi connectivity index (χ2n) is 3.82. The van der Waals surface area contributed by atoms with Crippen molar-refractivity contribution in [2.75, 3.05) is 5.73 Å². The van der Waals surface area contributed by atoms with Gasteiger partial charge in [0.1, 0.15) is 11.6 Å². The third-order valence-corrected chi connectivity index (χ3v) is 2.73. The maximum absolute atomic E-state index is 13.0. The standard InChI is InChI=1S/C12H13ClFN3/c1-2-3-8-6-12(15)17(16-8)9-4-5-11(14)10(13)7-9/h4-7H,2-3,15H2,1H3. The third kappa shape index (κ3) is 2.42. The van der Waals surface area contributed by atoms with Gasteiger partial charge in [0.15, 0.2) is 0 Å². The summed E-state index contributed by atoms with van der Waals surface area (Å²) in [5.41, 5.74) is 7.44. The van der Waals surface area contributed by atoms with E-state index in [4.69, 9.17) is 17.3 Å². The number of nitrogens with zero attached hydrogens (tertiary/aromatic N) is 2. The molecule has 0 spiro atoms. The number of aromatic nitrogens is 2. The molecule has 0 saturated carbocycles. The zero-order valence-electron chi connectivity index (χ0n) is 9.45. The average molecular weight is 254 g/mol. The highest BCUT2D eigenvalue weighted by molar-refractivity contribution is 6.30. The first kappa shape index (κ1) is 11.9. The van der Waals surface area contributed by atoms with Crippen molar-refractivity contribution < 1.29 is 4.39 Å². The monoisotopic (exact) mass is 253 g/mol. The second-order valence-corrected chi connectivity index (χ2v) is 4.23. The van der Waals surface area contributed by atoms with Crippen LogP contribution in [0.3, 0.4) is 0 Å². The van der Waals surface area contributed by atoms with Crippen LogP contribution in [0.4, 0.5) is 10.2 Å². The average Bonchev–Trinajstić information content (AvgIpc) is 2.64. The van der Waals surface area contributed by atoms with E-state index in [-0.39, 0.29) is 5.02 Å². The molecule has 3 nitrogen and oxygen atoms in total. The molecule has 90 valence electrons. The molecule has 0 saturated heterocycles. The fourth-order valence-corrected chi connectivity index (χ4v) is 1.82. The van der Waals surface area contributed by atoms with Gasteiger partial charge in [-0.15, -0.1) is 0 Å². The SMILES string of the molecule is CCCc1cc(N)n(-c2ccc(F)c(Cl)c2)n1. The fraction of sp³-hybridized carbons (Fsp3) is 0.250. The number of hydrogen-bond donors (Lipinski definition) is 1. The minimum absolute atomic E-state index is 0.0643. The maximum atomic E-state index is 13.0. The van der Waals surface area contributed by atoms with Crippen LogP contribution >= 0.6 is 11.6 Å². The van der Waals surface area contributed by atoms with Crippen molar-refractivity contribution >= 4 is 17.4 Å². The molecule has 0 bridgehead atoms. The highest BCUT2D eigenvalue weighted by Crippen LogP contribution is 2.21. The molecular formula is C12H13ClFN3. The van der Waals surface area contributed by atoms with E-state index < -0.39 is 5.82 Å². The van der Waals surface area contributed by atoms with Gasteiger partial charge in [-0.25, -0.2) is 9.07 Å². The van der Waals surface area contributed by atoms with E-state index in [1.807, 2.05) is 6.07 Å². The van der Waals surface area contributed by atoms with Crippen molar-refractivity contribution in [3.8, 4) is 5.69 Å². The summed E-state index contributed by atoms with van der Waals surface area (Å²) < 4.78 is 14.6. The number of aryl methyl sites for hydroxylation is 1. The number of anilines is 1. The van der Waals surface area contributed by atoms with Crippen molar-refractivity contribution in [2.45, 2.75) is 19.8 Å². The predicted octanol–water partition coefficient (Wildman–Crippen LogP) is 3.20. The van der Waals surface area contributed by atoms with Crippen LogP contribution in [0.1, 0.15) is 19.0 Å². The van der Waals surface area contributed by atoms with E-state index in [9.17, 15) is 4.39 Å². The van der Waals surface area contributed by atoms with Crippen molar-refractivity contribution in [2.24, 2.45) is 0 Å². The minimum atomic E-state index is -0.449. The molecule has 0 radical (unpaired) electrons. The Balaban J connectivity index is 2.41. The Morgan fingerprint density at radius 1 is 1.41 bits per heavy atom. The summed E-state index contributed by atoms with van der Waals surface area (Å²) in [4.78, 5) is 0. The summed E-state index contributed by atoms with van der Waals surface area (Å²) in [7, 11) is 0. The smallest absolute Gasteiger partial charge is 0.141 e. The second kappa shape index (κ2) is 4.75. The van der Waals surface area contributed by atoms with Gasteiger partial charge in [-0.2, -0.15) is 5.10 Å². The Morgan fingerprint density at radius 2 is 2.18 bits per heavy atom. The van der Waals surface area contributed by atoms with Crippen LogP contribution in [0.2, 0.25) is 5.02 Å². The summed E-state index contributed by atoms with van der Waals surface area (Å²) in [6, 6.07) is 6.23. The van der Waals surface area contributed by atoms with E-state index in [0.717, 1.165) is 18.5 Å². The maximum Gasteiger partial charge on any atom is 0.141 e. The first-order chi connectivity index (χ1) is 8.11. The van der Waals surface area contributed by atoms with Crippen LogP contribution in [0, 0.1) is 5.82 Å². The molecule has 1 aromatic heterocycles. The summed E-state index contributed by atoms with van der Waals surface area (Å²) in [5.74, 6) is 0.0750. The van der Waals surface area contributed by atoms with E-state index in [1.165, 1.54) is 12.1 Å². The normalized spacial score (nSPS) is 10.8. The summed E-state index contributed by atoms with van der Waals surface area (Å²) in [5, 5.41) is 4.42. The van der Waals surface area contributed by atoms with Crippen LogP contribution < -0.4 is 5.73 Å². The van der Waals surface area contributed by atoms with Crippen LogP contribution in [0.25, 0.3) is 5.69 Å². The lowest BCUT2D eigenvalue weighted by Gasteiger charge is -2.04. The zero-order valence-corrected chi connectivity index (χ0v) is 10.2. The van der Waals surface area contributed by atoms with Crippen LogP contribution in [-0.2, 0) is 6.42 Å². The Morgan fingerprint density at radius 3 is 2.82 bits per heavy atom. The Bertz CT molecular complexity index is 537. The summed E-state index contributed by atoms with van der Waals surface area (Å²) in [6.45, 7) is 2.07. The Hall–Kier alpha value is -1.55. The molecule has 0 aliphatic rings. The molecule has 0 fully saturated rings. The molecule has 0 unspecified atom stereocenters. The Kier molecular flexibility index (Phi) is 3.33. The number of benzene rings is 1. The number of hydrogen-bond acceptors (Lipinski definition) is 2. The molecule has 0 aliphatic heterocycles. The van der Waals surface area contributed by atoms with Crippen molar-refractivity contribution in [1.82, 2.24) is 9.78 Å². The van der Waals surface area contributed by atoms with Gasteiger partial charge in [0, 0.05) is 6.07 Å². The van der Waals surface area contributed by atoms with Gasteiger partial charge in [-0.1, -0.05) is 24.9 Å². The molecule has 2 rings (SSSR count). The van der Waals surface area contributed by atoms with E-state index in [0.29, 0.717) is 11.5 Å². The van der Waals surface area contributed by atoms with E-state index in [2.05, 4.69) is 12.0 Å². The first-order valence-electron chi connectivity index (χ1n) is 5.41. The molecule has 1 heterocycles. The quantitative estimate of drug-likeness (QED) is 0.913.